The molecule has 0 saturated carbocycles. The van der Waals surface area contributed by atoms with Crippen molar-refractivity contribution >= 4 is 39.0 Å². The van der Waals surface area contributed by atoms with E-state index in [9.17, 15) is 9.59 Å². The monoisotopic (exact) mass is 377 g/mol. The van der Waals surface area contributed by atoms with Gasteiger partial charge in [0.25, 0.3) is 5.91 Å². The molecule has 3 nitrogen and oxygen atoms in total. The molecule has 3 rings (SSSR count). The van der Waals surface area contributed by atoms with Crippen LogP contribution in [0.2, 0.25) is 0 Å². The predicted molar refractivity (Wildman–Crippen MR) is 91.4 cm³/mol. The third kappa shape index (κ3) is 3.31. The van der Waals surface area contributed by atoms with E-state index in [1.807, 2.05) is 47.4 Å². The molecule has 0 spiro atoms. The molecule has 5 heteroatoms. The third-order valence-corrected chi connectivity index (χ3v) is 5.61. The molecule has 114 valence electrons. The number of rotatable bonds is 3. The summed E-state index contributed by atoms with van der Waals surface area (Å²) in [5.41, 5.74) is 0.773. The second kappa shape index (κ2) is 6.75. The average molecular weight is 378 g/mol. The molecule has 0 radical (unpaired) electrons. The smallest absolute Gasteiger partial charge is 0.263 e. The number of benzene rings is 1. The van der Waals surface area contributed by atoms with Gasteiger partial charge < -0.3 is 4.90 Å². The second-order valence-electron chi connectivity index (χ2n) is 5.40. The zero-order valence-electron chi connectivity index (χ0n) is 12.0. The van der Waals surface area contributed by atoms with E-state index >= 15 is 0 Å². The average Bonchev–Trinajstić information content (AvgIpc) is 3.01. The first kappa shape index (κ1) is 15.4. The molecule has 1 aliphatic heterocycles. The fraction of sp³-hybridized carbons (Fsp3) is 0.294. The van der Waals surface area contributed by atoms with Gasteiger partial charge in [0.2, 0.25) is 0 Å². The summed E-state index contributed by atoms with van der Waals surface area (Å²) in [7, 11) is 0. The van der Waals surface area contributed by atoms with Crippen LogP contribution in [0, 0.1) is 5.92 Å². The highest BCUT2D eigenvalue weighted by Gasteiger charge is 2.28. The van der Waals surface area contributed by atoms with Crippen LogP contribution in [-0.4, -0.2) is 29.7 Å². The number of ketones is 1. The number of halogens is 1. The van der Waals surface area contributed by atoms with Gasteiger partial charge in [0, 0.05) is 24.6 Å². The summed E-state index contributed by atoms with van der Waals surface area (Å²) in [5.74, 6) is 0.300. The summed E-state index contributed by atoms with van der Waals surface area (Å²) >= 11 is 4.83. The second-order valence-corrected chi connectivity index (χ2v) is 7.86. The van der Waals surface area contributed by atoms with Crippen molar-refractivity contribution in [3.8, 4) is 0 Å². The van der Waals surface area contributed by atoms with Crippen molar-refractivity contribution in [2.45, 2.75) is 12.8 Å². The fourth-order valence-electron chi connectivity index (χ4n) is 2.77. The number of carbonyl (C=O) groups excluding carboxylic acids is 2. The number of piperidine rings is 1. The number of Topliss-reactive ketones (excluding diaryl/α,β-unsaturated/α-hetero) is 1. The zero-order chi connectivity index (χ0) is 15.5. The van der Waals surface area contributed by atoms with E-state index in [1.54, 1.807) is 0 Å². The maximum absolute atomic E-state index is 12.4. The first-order valence-electron chi connectivity index (χ1n) is 7.29. The van der Waals surface area contributed by atoms with E-state index in [1.165, 1.54) is 11.3 Å². The molecule has 1 saturated heterocycles. The van der Waals surface area contributed by atoms with E-state index in [-0.39, 0.29) is 17.6 Å². The van der Waals surface area contributed by atoms with E-state index in [0.29, 0.717) is 13.1 Å². The maximum atomic E-state index is 12.4. The van der Waals surface area contributed by atoms with Crippen molar-refractivity contribution in [1.29, 1.82) is 0 Å². The minimum absolute atomic E-state index is 0.0292. The molecule has 1 aromatic heterocycles. The van der Waals surface area contributed by atoms with Crippen LogP contribution in [0.15, 0.2) is 46.3 Å². The first-order chi connectivity index (χ1) is 10.6. The summed E-state index contributed by atoms with van der Waals surface area (Å²) in [6, 6.07) is 13.2. The Balaban J connectivity index is 1.61. The maximum Gasteiger partial charge on any atom is 0.263 e. The van der Waals surface area contributed by atoms with Gasteiger partial charge in [-0.15, -0.1) is 11.3 Å². The lowest BCUT2D eigenvalue weighted by Crippen LogP contribution is -2.40. The Hall–Kier alpha value is -1.46. The molecular formula is C17H16BrNO2S. The Morgan fingerprint density at radius 3 is 2.32 bits per heavy atom. The van der Waals surface area contributed by atoms with Crippen molar-refractivity contribution in [1.82, 2.24) is 4.90 Å². The Morgan fingerprint density at radius 1 is 1.05 bits per heavy atom. The largest absolute Gasteiger partial charge is 0.338 e. The molecule has 1 amide bonds. The molecular weight excluding hydrogens is 362 g/mol. The molecule has 0 aliphatic carbocycles. The van der Waals surface area contributed by atoms with Gasteiger partial charge in [0.05, 0.1) is 8.66 Å². The van der Waals surface area contributed by atoms with Gasteiger partial charge in [-0.1, -0.05) is 30.3 Å². The molecule has 0 N–H and O–H groups in total. The highest BCUT2D eigenvalue weighted by atomic mass is 79.9. The van der Waals surface area contributed by atoms with Crippen LogP contribution in [0.4, 0.5) is 0 Å². The minimum Gasteiger partial charge on any atom is -0.338 e. The fourth-order valence-corrected chi connectivity index (χ4v) is 4.12. The molecule has 22 heavy (non-hydrogen) atoms. The van der Waals surface area contributed by atoms with E-state index in [4.69, 9.17) is 0 Å². The number of carbonyl (C=O) groups is 2. The number of likely N-dealkylation sites (tertiary alicyclic amines) is 1. The van der Waals surface area contributed by atoms with Crippen LogP contribution in [0.1, 0.15) is 32.9 Å². The summed E-state index contributed by atoms with van der Waals surface area (Å²) in [5, 5.41) is 0. The molecule has 0 bridgehead atoms. The van der Waals surface area contributed by atoms with Crippen molar-refractivity contribution in [3.63, 3.8) is 0 Å². The van der Waals surface area contributed by atoms with Gasteiger partial charge in [-0.3, -0.25) is 9.59 Å². The lowest BCUT2D eigenvalue weighted by molar-refractivity contribution is 0.0654. The van der Waals surface area contributed by atoms with Gasteiger partial charge >= 0.3 is 0 Å². The Bertz CT molecular complexity index is 675. The van der Waals surface area contributed by atoms with Crippen molar-refractivity contribution in [3.05, 3.63) is 56.7 Å². The molecule has 0 atom stereocenters. The van der Waals surface area contributed by atoms with E-state index < -0.39 is 0 Å². The minimum atomic E-state index is 0.0292. The number of hydrogen-bond acceptors (Lipinski definition) is 3. The first-order valence-corrected chi connectivity index (χ1v) is 8.90. The molecule has 0 unspecified atom stereocenters. The highest BCUT2D eigenvalue weighted by molar-refractivity contribution is 9.11. The zero-order valence-corrected chi connectivity index (χ0v) is 14.4. The topological polar surface area (TPSA) is 37.4 Å². The Morgan fingerprint density at radius 2 is 1.73 bits per heavy atom. The van der Waals surface area contributed by atoms with Crippen LogP contribution in [0.5, 0.6) is 0 Å². The summed E-state index contributed by atoms with van der Waals surface area (Å²) < 4.78 is 0.963. The van der Waals surface area contributed by atoms with Crippen LogP contribution >= 0.6 is 27.3 Å². The highest BCUT2D eigenvalue weighted by Crippen LogP contribution is 2.26. The Kier molecular flexibility index (Phi) is 4.74. The van der Waals surface area contributed by atoms with Crippen molar-refractivity contribution in [2.24, 2.45) is 5.92 Å². The SMILES string of the molecule is O=C(c1ccccc1)C1CCN(C(=O)c2ccc(Br)s2)CC1. The standard InChI is InChI=1S/C17H16BrNO2S/c18-15-7-6-14(22-15)17(21)19-10-8-13(9-11-19)16(20)12-4-2-1-3-5-12/h1-7,13H,8-11H2. The van der Waals surface area contributed by atoms with Gasteiger partial charge in [-0.25, -0.2) is 0 Å². The van der Waals surface area contributed by atoms with Gasteiger partial charge in [-0.2, -0.15) is 0 Å². The van der Waals surface area contributed by atoms with E-state index in [0.717, 1.165) is 27.1 Å². The van der Waals surface area contributed by atoms with Crippen LogP contribution in [0.3, 0.4) is 0 Å². The van der Waals surface area contributed by atoms with Crippen LogP contribution in [0.25, 0.3) is 0 Å². The summed E-state index contributed by atoms with van der Waals surface area (Å²) in [4.78, 5) is 27.4. The summed E-state index contributed by atoms with van der Waals surface area (Å²) in [6.45, 7) is 1.30. The van der Waals surface area contributed by atoms with Crippen LogP contribution < -0.4 is 0 Å². The predicted octanol–water partition coefficient (Wildman–Crippen LogP) is 4.25. The molecule has 1 aromatic carbocycles. The van der Waals surface area contributed by atoms with Gasteiger partial charge in [0.1, 0.15) is 0 Å². The van der Waals surface area contributed by atoms with Crippen molar-refractivity contribution in [2.75, 3.05) is 13.1 Å². The lowest BCUT2D eigenvalue weighted by atomic mass is 9.89. The van der Waals surface area contributed by atoms with Gasteiger partial charge in [-0.05, 0) is 40.9 Å². The number of nitrogens with zero attached hydrogens (tertiary/aromatic N) is 1. The Labute approximate surface area is 142 Å². The molecule has 2 heterocycles. The molecule has 2 aromatic rings. The van der Waals surface area contributed by atoms with Crippen LogP contribution in [-0.2, 0) is 0 Å². The summed E-state index contributed by atoms with van der Waals surface area (Å²) in [6.07, 6.45) is 1.48. The van der Waals surface area contributed by atoms with Crippen molar-refractivity contribution < 1.29 is 9.59 Å². The molecule has 1 fully saturated rings. The lowest BCUT2D eigenvalue weighted by Gasteiger charge is -2.31. The quantitative estimate of drug-likeness (QED) is 0.749. The van der Waals surface area contributed by atoms with Gasteiger partial charge in [0.15, 0.2) is 5.78 Å². The number of thiophene rings is 1. The molecule has 1 aliphatic rings. The number of amides is 1. The third-order valence-electron chi connectivity index (χ3n) is 4.00. The number of hydrogen-bond donors (Lipinski definition) is 0. The van der Waals surface area contributed by atoms with E-state index in [2.05, 4.69) is 15.9 Å². The normalized spacial score (nSPS) is 15.8.